The van der Waals surface area contributed by atoms with Crippen LogP contribution in [0.3, 0.4) is 0 Å². The van der Waals surface area contributed by atoms with Crippen LogP contribution in [0, 0.1) is 18.3 Å². The molecule has 0 bridgehead atoms. The lowest BCUT2D eigenvalue weighted by Crippen LogP contribution is -2.15. The molecule has 1 aliphatic rings. The monoisotopic (exact) mass is 220 g/mol. The third-order valence-electron chi connectivity index (χ3n) is 2.74. The summed E-state index contributed by atoms with van der Waals surface area (Å²) in [6.45, 7) is 1.82. The Hall–Kier alpha value is -1.40. The summed E-state index contributed by atoms with van der Waals surface area (Å²) < 4.78 is 0. The molecule has 0 N–H and O–H groups in total. The van der Waals surface area contributed by atoms with E-state index in [9.17, 15) is 4.79 Å². The van der Waals surface area contributed by atoms with E-state index in [-0.39, 0.29) is 10.9 Å². The molecule has 0 spiro atoms. The van der Waals surface area contributed by atoms with Crippen molar-refractivity contribution in [2.75, 3.05) is 0 Å². The normalized spacial score (nSPS) is 14.6. The Kier molecular flexibility index (Phi) is 2.45. The molecule has 0 unspecified atom stereocenters. The second-order valence-corrected chi connectivity index (χ2v) is 3.98. The zero-order valence-corrected chi connectivity index (χ0v) is 9.06. The predicted octanol–water partition coefficient (Wildman–Crippen LogP) is 2.43. The molecule has 0 saturated heterocycles. The Balaban J connectivity index is 2.73. The summed E-state index contributed by atoms with van der Waals surface area (Å²) in [5.74, 6) is 0.0331. The Morgan fingerprint density at radius 3 is 2.87 bits per heavy atom. The highest BCUT2D eigenvalue weighted by molar-refractivity contribution is 6.30. The summed E-state index contributed by atoms with van der Waals surface area (Å²) in [5, 5.41) is 9.05. The van der Waals surface area contributed by atoms with E-state index in [1.807, 2.05) is 13.0 Å². The molecule has 4 heteroatoms. The van der Waals surface area contributed by atoms with Crippen LogP contribution in [0.2, 0.25) is 5.15 Å². The number of carbonyl (C=O) groups is 1. The summed E-state index contributed by atoms with van der Waals surface area (Å²) in [6, 6.07) is 2.02. The number of Topliss-reactive ketones (excluding diaryl/α,β-unsaturated/α-hetero) is 1. The third kappa shape index (κ3) is 1.51. The van der Waals surface area contributed by atoms with Gasteiger partial charge in [0.2, 0.25) is 0 Å². The van der Waals surface area contributed by atoms with Gasteiger partial charge >= 0.3 is 0 Å². The average Bonchev–Trinajstić information content (AvgIpc) is 2.20. The fourth-order valence-corrected chi connectivity index (χ4v) is 2.18. The van der Waals surface area contributed by atoms with E-state index in [0.29, 0.717) is 17.7 Å². The van der Waals surface area contributed by atoms with E-state index in [1.165, 1.54) is 0 Å². The lowest BCUT2D eigenvalue weighted by Gasteiger charge is -2.17. The minimum atomic E-state index is 0.0331. The zero-order chi connectivity index (χ0) is 11.0. The van der Waals surface area contributed by atoms with Crippen molar-refractivity contribution in [1.82, 2.24) is 4.98 Å². The number of pyridine rings is 1. The van der Waals surface area contributed by atoms with Crippen LogP contribution < -0.4 is 0 Å². The maximum atomic E-state index is 11.6. The lowest BCUT2D eigenvalue weighted by molar-refractivity contribution is 0.0967. The number of nitrogens with zero attached hydrogens (tertiary/aromatic N) is 2. The Bertz CT molecular complexity index is 488. The van der Waals surface area contributed by atoms with Gasteiger partial charge in [-0.3, -0.25) is 4.79 Å². The van der Waals surface area contributed by atoms with Crippen molar-refractivity contribution in [3.8, 4) is 6.07 Å². The number of carbonyl (C=O) groups excluding carboxylic acids is 1. The van der Waals surface area contributed by atoms with Crippen LogP contribution in [0.15, 0.2) is 0 Å². The highest BCUT2D eigenvalue weighted by Crippen LogP contribution is 2.28. The molecule has 76 valence electrons. The van der Waals surface area contributed by atoms with Gasteiger partial charge < -0.3 is 0 Å². The fourth-order valence-electron chi connectivity index (χ4n) is 1.92. The number of nitriles is 1. The Labute approximate surface area is 92.7 Å². The predicted molar refractivity (Wildman–Crippen MR) is 56.0 cm³/mol. The lowest BCUT2D eigenvalue weighted by atomic mass is 9.90. The molecule has 0 aliphatic heterocycles. The molecule has 0 aromatic carbocycles. The van der Waals surface area contributed by atoms with Gasteiger partial charge in [0, 0.05) is 6.42 Å². The maximum Gasteiger partial charge on any atom is 0.181 e. The first-order valence-electron chi connectivity index (χ1n) is 4.77. The quantitative estimate of drug-likeness (QED) is 0.631. The minimum absolute atomic E-state index is 0.0331. The number of ketones is 1. The first-order chi connectivity index (χ1) is 7.15. The number of rotatable bonds is 0. The highest BCUT2D eigenvalue weighted by atomic mass is 35.5. The Morgan fingerprint density at radius 2 is 2.20 bits per heavy atom. The molecule has 1 aliphatic carbocycles. The van der Waals surface area contributed by atoms with Crippen molar-refractivity contribution >= 4 is 17.4 Å². The van der Waals surface area contributed by atoms with Gasteiger partial charge in [-0.05, 0) is 30.9 Å². The van der Waals surface area contributed by atoms with E-state index in [1.54, 1.807) is 0 Å². The molecule has 3 nitrogen and oxygen atoms in total. The molecule has 0 atom stereocenters. The molecule has 0 fully saturated rings. The van der Waals surface area contributed by atoms with Crippen molar-refractivity contribution < 1.29 is 4.79 Å². The van der Waals surface area contributed by atoms with Crippen LogP contribution in [0.1, 0.15) is 40.0 Å². The smallest absolute Gasteiger partial charge is 0.181 e. The molecule has 15 heavy (non-hydrogen) atoms. The number of halogens is 1. The van der Waals surface area contributed by atoms with Crippen LogP contribution in [0.25, 0.3) is 0 Å². The Morgan fingerprint density at radius 1 is 1.47 bits per heavy atom. The molecule has 1 heterocycles. The second kappa shape index (κ2) is 3.63. The van der Waals surface area contributed by atoms with Crippen LogP contribution in [0.5, 0.6) is 0 Å². The second-order valence-electron chi connectivity index (χ2n) is 3.62. The van der Waals surface area contributed by atoms with Gasteiger partial charge in [0.05, 0.1) is 5.56 Å². The first kappa shape index (κ1) is 10.1. The van der Waals surface area contributed by atoms with Gasteiger partial charge in [-0.15, -0.1) is 0 Å². The summed E-state index contributed by atoms with van der Waals surface area (Å²) in [4.78, 5) is 15.6. The van der Waals surface area contributed by atoms with E-state index >= 15 is 0 Å². The van der Waals surface area contributed by atoms with Gasteiger partial charge in [0.25, 0.3) is 0 Å². The van der Waals surface area contributed by atoms with Gasteiger partial charge in [0.1, 0.15) is 16.9 Å². The molecule has 1 aromatic heterocycles. The number of aromatic nitrogens is 1. The van der Waals surface area contributed by atoms with Crippen molar-refractivity contribution in [2.45, 2.75) is 26.2 Å². The molecule has 0 radical (unpaired) electrons. The summed E-state index contributed by atoms with van der Waals surface area (Å²) >= 11 is 5.85. The topological polar surface area (TPSA) is 53.8 Å². The van der Waals surface area contributed by atoms with Crippen molar-refractivity contribution in [3.63, 3.8) is 0 Å². The van der Waals surface area contributed by atoms with Gasteiger partial charge in [-0.2, -0.15) is 5.26 Å². The van der Waals surface area contributed by atoms with Crippen molar-refractivity contribution in [1.29, 1.82) is 5.26 Å². The number of hydrogen-bond donors (Lipinski definition) is 0. The van der Waals surface area contributed by atoms with Crippen LogP contribution in [-0.2, 0) is 6.42 Å². The van der Waals surface area contributed by atoms with E-state index in [2.05, 4.69) is 4.98 Å². The molecule has 2 rings (SSSR count). The number of hydrogen-bond acceptors (Lipinski definition) is 3. The molecular formula is C11H9ClN2O. The van der Waals surface area contributed by atoms with E-state index < -0.39 is 0 Å². The highest BCUT2D eigenvalue weighted by Gasteiger charge is 2.23. The third-order valence-corrected chi connectivity index (χ3v) is 3.01. The van der Waals surface area contributed by atoms with Gasteiger partial charge in [0.15, 0.2) is 5.78 Å². The zero-order valence-electron chi connectivity index (χ0n) is 8.30. The first-order valence-corrected chi connectivity index (χ1v) is 5.15. The molecule has 1 aromatic rings. The van der Waals surface area contributed by atoms with Crippen LogP contribution in [-0.4, -0.2) is 10.8 Å². The maximum absolute atomic E-state index is 11.6. The fraction of sp³-hybridized carbons (Fsp3) is 0.364. The van der Waals surface area contributed by atoms with E-state index in [0.717, 1.165) is 24.0 Å². The van der Waals surface area contributed by atoms with Crippen LogP contribution in [0.4, 0.5) is 0 Å². The summed E-state index contributed by atoms with van der Waals surface area (Å²) in [7, 11) is 0. The van der Waals surface area contributed by atoms with E-state index in [4.69, 9.17) is 16.9 Å². The molecule has 0 amide bonds. The summed E-state index contributed by atoms with van der Waals surface area (Å²) in [6.07, 6.45) is 2.17. The van der Waals surface area contributed by atoms with Crippen LogP contribution >= 0.6 is 11.6 Å². The number of fused-ring (bicyclic) bond motifs is 1. The molecule has 0 saturated carbocycles. The standard InChI is InChI=1S/C11H9ClN2O/c1-6-7-3-2-4-9(15)10(7)14-11(12)8(6)5-13/h2-4H2,1H3. The van der Waals surface area contributed by atoms with Crippen molar-refractivity contribution in [3.05, 3.63) is 27.5 Å². The largest absolute Gasteiger partial charge is 0.292 e. The minimum Gasteiger partial charge on any atom is -0.292 e. The molecular weight excluding hydrogens is 212 g/mol. The SMILES string of the molecule is Cc1c(C#N)c(Cl)nc2c1CCCC2=O. The average molecular weight is 221 g/mol. The van der Waals surface area contributed by atoms with Crippen molar-refractivity contribution in [2.24, 2.45) is 0 Å². The van der Waals surface area contributed by atoms with Gasteiger partial charge in [-0.1, -0.05) is 11.6 Å². The van der Waals surface area contributed by atoms with Gasteiger partial charge in [-0.25, -0.2) is 4.98 Å². The summed E-state index contributed by atoms with van der Waals surface area (Å²) in [5.41, 5.74) is 2.56.